The van der Waals surface area contributed by atoms with E-state index in [1.807, 2.05) is 0 Å². The van der Waals surface area contributed by atoms with Crippen LogP contribution in [-0.2, 0) is 0 Å². The zero-order chi connectivity index (χ0) is 11.4. The summed E-state index contributed by atoms with van der Waals surface area (Å²) in [6.45, 7) is 6.31. The van der Waals surface area contributed by atoms with Gasteiger partial charge in [-0.25, -0.2) is 0 Å². The first kappa shape index (κ1) is 12.4. The molecule has 0 aromatic carbocycles. The third-order valence-corrected chi connectivity index (χ3v) is 4.60. The Kier molecular flexibility index (Phi) is 4.66. The van der Waals surface area contributed by atoms with Crippen molar-refractivity contribution >= 4 is 0 Å². The molecule has 1 saturated heterocycles. The average Bonchev–Trinajstić information content (AvgIpc) is 2.86. The summed E-state index contributed by atoms with van der Waals surface area (Å²) in [6.07, 6.45) is 9.58. The molecule has 2 aliphatic rings. The zero-order valence-electron chi connectivity index (χ0n) is 10.8. The summed E-state index contributed by atoms with van der Waals surface area (Å²) >= 11 is 0. The summed E-state index contributed by atoms with van der Waals surface area (Å²) in [6, 6.07) is 0.508. The molecule has 0 radical (unpaired) electrons. The molecular weight excluding hydrogens is 196 g/mol. The highest BCUT2D eigenvalue weighted by Gasteiger charge is 2.26. The molecule has 2 rings (SSSR count). The van der Waals surface area contributed by atoms with Crippen molar-refractivity contribution in [2.75, 3.05) is 19.6 Å². The first-order valence-electron chi connectivity index (χ1n) is 7.27. The lowest BCUT2D eigenvalue weighted by Crippen LogP contribution is -2.29. The Hall–Kier alpha value is -0.0800. The third-order valence-electron chi connectivity index (χ3n) is 4.60. The molecule has 2 fully saturated rings. The Morgan fingerprint density at radius 1 is 1.19 bits per heavy atom. The minimum atomic E-state index is 0.508. The van der Waals surface area contributed by atoms with E-state index in [1.165, 1.54) is 64.6 Å². The highest BCUT2D eigenvalue weighted by molar-refractivity contribution is 4.82. The molecule has 3 unspecified atom stereocenters. The lowest BCUT2D eigenvalue weighted by molar-refractivity contribution is 0.283. The maximum absolute atomic E-state index is 6.12. The van der Waals surface area contributed by atoms with E-state index in [2.05, 4.69) is 11.8 Å². The zero-order valence-corrected chi connectivity index (χ0v) is 10.8. The fourth-order valence-electron chi connectivity index (χ4n) is 3.53. The molecule has 1 saturated carbocycles. The van der Waals surface area contributed by atoms with Gasteiger partial charge in [-0.1, -0.05) is 19.8 Å². The van der Waals surface area contributed by atoms with Gasteiger partial charge in [-0.05, 0) is 57.0 Å². The standard InChI is InChI=1S/C14H28N2/c1-2-4-12-7-9-16(11-12)10-8-13-5-3-6-14(13)15/h12-14H,2-11,15H2,1H3. The van der Waals surface area contributed by atoms with Crippen LogP contribution in [0.2, 0.25) is 0 Å². The Bertz CT molecular complexity index is 205. The van der Waals surface area contributed by atoms with Crippen LogP contribution in [0.4, 0.5) is 0 Å². The van der Waals surface area contributed by atoms with Crippen molar-refractivity contribution in [2.24, 2.45) is 17.6 Å². The molecule has 2 heteroatoms. The molecular formula is C14H28N2. The van der Waals surface area contributed by atoms with Crippen molar-refractivity contribution in [3.05, 3.63) is 0 Å². The molecule has 2 nitrogen and oxygen atoms in total. The number of nitrogens with zero attached hydrogens (tertiary/aromatic N) is 1. The highest BCUT2D eigenvalue weighted by Crippen LogP contribution is 2.28. The van der Waals surface area contributed by atoms with Crippen LogP contribution in [0.3, 0.4) is 0 Å². The maximum atomic E-state index is 6.12. The smallest absolute Gasteiger partial charge is 0.00676 e. The van der Waals surface area contributed by atoms with E-state index in [0.717, 1.165) is 11.8 Å². The maximum Gasteiger partial charge on any atom is 0.00676 e. The van der Waals surface area contributed by atoms with Gasteiger partial charge in [-0.15, -0.1) is 0 Å². The molecule has 2 N–H and O–H groups in total. The van der Waals surface area contributed by atoms with E-state index in [0.29, 0.717) is 6.04 Å². The van der Waals surface area contributed by atoms with Gasteiger partial charge in [-0.3, -0.25) is 0 Å². The molecule has 1 aliphatic carbocycles. The van der Waals surface area contributed by atoms with Gasteiger partial charge in [-0.2, -0.15) is 0 Å². The van der Waals surface area contributed by atoms with Crippen LogP contribution >= 0.6 is 0 Å². The first-order valence-corrected chi connectivity index (χ1v) is 7.27. The predicted octanol–water partition coefficient (Wildman–Crippen LogP) is 2.63. The highest BCUT2D eigenvalue weighted by atomic mass is 15.1. The first-order chi connectivity index (χ1) is 7.79. The van der Waals surface area contributed by atoms with Gasteiger partial charge in [0, 0.05) is 12.6 Å². The molecule has 1 heterocycles. The van der Waals surface area contributed by atoms with Crippen LogP contribution < -0.4 is 5.73 Å². The van der Waals surface area contributed by atoms with Crippen molar-refractivity contribution in [3.8, 4) is 0 Å². The van der Waals surface area contributed by atoms with E-state index in [-0.39, 0.29) is 0 Å². The molecule has 1 aliphatic heterocycles. The predicted molar refractivity (Wildman–Crippen MR) is 69.4 cm³/mol. The molecule has 0 bridgehead atoms. The van der Waals surface area contributed by atoms with Gasteiger partial charge in [0.15, 0.2) is 0 Å². The van der Waals surface area contributed by atoms with Gasteiger partial charge in [0.2, 0.25) is 0 Å². The van der Waals surface area contributed by atoms with Gasteiger partial charge in [0.25, 0.3) is 0 Å². The number of hydrogen-bond donors (Lipinski definition) is 1. The topological polar surface area (TPSA) is 29.3 Å². The number of rotatable bonds is 5. The molecule has 16 heavy (non-hydrogen) atoms. The number of nitrogens with two attached hydrogens (primary N) is 1. The van der Waals surface area contributed by atoms with Gasteiger partial charge < -0.3 is 10.6 Å². The summed E-state index contributed by atoms with van der Waals surface area (Å²) < 4.78 is 0. The third kappa shape index (κ3) is 3.21. The normalized spacial score (nSPS) is 36.0. The van der Waals surface area contributed by atoms with E-state index in [1.54, 1.807) is 0 Å². The lowest BCUT2D eigenvalue weighted by Gasteiger charge is -2.20. The van der Waals surface area contributed by atoms with E-state index in [4.69, 9.17) is 5.73 Å². The number of hydrogen-bond acceptors (Lipinski definition) is 2. The second kappa shape index (κ2) is 6.02. The summed E-state index contributed by atoms with van der Waals surface area (Å²) in [5.41, 5.74) is 6.12. The molecule has 0 amide bonds. The van der Waals surface area contributed by atoms with E-state index >= 15 is 0 Å². The largest absolute Gasteiger partial charge is 0.327 e. The van der Waals surface area contributed by atoms with Crippen LogP contribution in [0.1, 0.15) is 51.9 Å². The summed E-state index contributed by atoms with van der Waals surface area (Å²) in [5.74, 6) is 1.81. The Labute approximate surface area is 101 Å². The van der Waals surface area contributed by atoms with Crippen molar-refractivity contribution in [2.45, 2.75) is 57.9 Å². The van der Waals surface area contributed by atoms with Crippen LogP contribution in [0.15, 0.2) is 0 Å². The quantitative estimate of drug-likeness (QED) is 0.778. The Balaban J connectivity index is 1.63. The Morgan fingerprint density at radius 3 is 2.75 bits per heavy atom. The SMILES string of the molecule is CCCC1CCN(CCC2CCCC2N)C1. The molecule has 3 atom stereocenters. The fraction of sp³-hybridized carbons (Fsp3) is 1.00. The summed E-state index contributed by atoms with van der Waals surface area (Å²) in [5, 5.41) is 0. The van der Waals surface area contributed by atoms with Crippen molar-refractivity contribution in [3.63, 3.8) is 0 Å². The van der Waals surface area contributed by atoms with Crippen LogP contribution in [0.25, 0.3) is 0 Å². The minimum absolute atomic E-state index is 0.508. The van der Waals surface area contributed by atoms with Crippen molar-refractivity contribution in [1.29, 1.82) is 0 Å². The minimum Gasteiger partial charge on any atom is -0.327 e. The molecule has 0 aromatic heterocycles. The van der Waals surface area contributed by atoms with Crippen molar-refractivity contribution in [1.82, 2.24) is 4.90 Å². The van der Waals surface area contributed by atoms with Gasteiger partial charge in [0.05, 0.1) is 0 Å². The van der Waals surface area contributed by atoms with Crippen LogP contribution in [0.5, 0.6) is 0 Å². The van der Waals surface area contributed by atoms with Gasteiger partial charge >= 0.3 is 0 Å². The molecule has 94 valence electrons. The lowest BCUT2D eigenvalue weighted by atomic mass is 10.00. The number of likely N-dealkylation sites (tertiary alicyclic amines) is 1. The fourth-order valence-corrected chi connectivity index (χ4v) is 3.53. The van der Waals surface area contributed by atoms with Gasteiger partial charge in [0.1, 0.15) is 0 Å². The van der Waals surface area contributed by atoms with Crippen molar-refractivity contribution < 1.29 is 0 Å². The van der Waals surface area contributed by atoms with Crippen LogP contribution in [0, 0.1) is 11.8 Å². The molecule has 0 aromatic rings. The second-order valence-electron chi connectivity index (χ2n) is 5.89. The van der Waals surface area contributed by atoms with E-state index in [9.17, 15) is 0 Å². The molecule has 0 spiro atoms. The second-order valence-corrected chi connectivity index (χ2v) is 5.89. The Morgan fingerprint density at radius 2 is 2.06 bits per heavy atom. The van der Waals surface area contributed by atoms with Crippen LogP contribution in [-0.4, -0.2) is 30.6 Å². The van der Waals surface area contributed by atoms with E-state index < -0.39 is 0 Å². The average molecular weight is 224 g/mol. The summed E-state index contributed by atoms with van der Waals surface area (Å²) in [7, 11) is 0. The summed E-state index contributed by atoms with van der Waals surface area (Å²) in [4.78, 5) is 2.67. The monoisotopic (exact) mass is 224 g/mol.